The van der Waals surface area contributed by atoms with Gasteiger partial charge in [0.1, 0.15) is 9.79 Å². The van der Waals surface area contributed by atoms with Gasteiger partial charge in [-0.05, 0) is 127 Å². The third-order valence-corrected chi connectivity index (χ3v) is 16.3. The molecule has 0 aromatic heterocycles. The largest absolute Gasteiger partial charge is 0.493 e. The van der Waals surface area contributed by atoms with E-state index in [1.165, 1.54) is 45.6 Å². The lowest BCUT2D eigenvalue weighted by Crippen LogP contribution is -2.39. The number of hydrogen-bond acceptors (Lipinski definition) is 17. The second-order valence-corrected chi connectivity index (χ2v) is 21.3. The Morgan fingerprint density at radius 2 is 0.961 bits per heavy atom. The van der Waals surface area contributed by atoms with Crippen molar-refractivity contribution in [3.05, 3.63) is 154 Å². The van der Waals surface area contributed by atoms with Crippen LogP contribution in [0.25, 0.3) is 0 Å². The molecule has 4 heterocycles. The first kappa shape index (κ1) is 53.3. The minimum Gasteiger partial charge on any atom is -0.493 e. The number of carbonyl (C=O) groups is 2. The number of aliphatic carboxylic acids is 1. The van der Waals surface area contributed by atoms with Crippen molar-refractivity contribution in [1.29, 1.82) is 0 Å². The van der Waals surface area contributed by atoms with Crippen molar-refractivity contribution in [1.82, 2.24) is 9.80 Å². The number of hydrogen-bond donors (Lipinski definition) is 1. The van der Waals surface area contributed by atoms with Crippen molar-refractivity contribution in [2.75, 3.05) is 61.3 Å². The number of rotatable bonds is 17. The van der Waals surface area contributed by atoms with Crippen LogP contribution in [0.3, 0.4) is 0 Å². The molecule has 4 aliphatic heterocycles. The highest BCUT2D eigenvalue weighted by molar-refractivity contribution is 7.87. The first-order valence-corrected chi connectivity index (χ1v) is 27.4. The summed E-state index contributed by atoms with van der Waals surface area (Å²) in [5.74, 6) is 1.53. The van der Waals surface area contributed by atoms with E-state index in [1.807, 2.05) is 36.4 Å². The molecular weight excluding hydrogens is 1020 g/mol. The summed E-state index contributed by atoms with van der Waals surface area (Å²) in [4.78, 5) is 27.7. The number of ether oxygens (including phenoxy) is 7. The third kappa shape index (κ3) is 11.2. The van der Waals surface area contributed by atoms with E-state index in [2.05, 4.69) is 9.80 Å². The maximum Gasteiger partial charge on any atom is 0.344 e. The molecule has 6 aromatic carbocycles. The Balaban J connectivity index is 0.000000186. The van der Waals surface area contributed by atoms with Crippen LogP contribution >= 0.6 is 0 Å². The average Bonchev–Trinajstić information content (AvgIpc) is 3.45. The maximum absolute atomic E-state index is 13.1. The minimum atomic E-state index is -4.06. The van der Waals surface area contributed by atoms with E-state index in [-0.39, 0.29) is 46.6 Å². The van der Waals surface area contributed by atoms with Crippen molar-refractivity contribution >= 4 is 32.2 Å². The number of benzene rings is 6. The predicted octanol–water partition coefficient (Wildman–Crippen LogP) is 7.66. The molecule has 0 saturated heterocycles. The fourth-order valence-electron chi connectivity index (χ4n) is 10.2. The van der Waals surface area contributed by atoms with Gasteiger partial charge in [0, 0.05) is 49.4 Å². The molecule has 76 heavy (non-hydrogen) atoms. The Morgan fingerprint density at radius 3 is 1.36 bits per heavy atom. The van der Waals surface area contributed by atoms with Gasteiger partial charge >= 0.3 is 32.2 Å². The lowest BCUT2D eigenvalue weighted by atomic mass is 9.83. The molecule has 1 N–H and O–H groups in total. The second-order valence-electron chi connectivity index (χ2n) is 18.2. The van der Waals surface area contributed by atoms with Crippen LogP contribution in [0.1, 0.15) is 63.5 Å². The van der Waals surface area contributed by atoms with Gasteiger partial charge in [-0.3, -0.25) is 9.80 Å². The summed E-state index contributed by atoms with van der Waals surface area (Å²) in [6.45, 7) is 3.82. The van der Waals surface area contributed by atoms with Crippen LogP contribution in [0.15, 0.2) is 119 Å². The van der Waals surface area contributed by atoms with Crippen LogP contribution < -0.4 is 36.8 Å². The van der Waals surface area contributed by atoms with Gasteiger partial charge in [-0.25, -0.2) is 9.59 Å². The average molecular weight is 1080 g/mol. The summed E-state index contributed by atoms with van der Waals surface area (Å²) in [5.41, 5.74) is 7.88. The summed E-state index contributed by atoms with van der Waals surface area (Å²) in [5, 5.41) is 9.06. The lowest BCUT2D eigenvalue weighted by molar-refractivity contribution is -0.145. The SMILES string of the molecule is CCOC(=O)COc1cc2c(cc1OC)CCN1Cc3c(ccc(OC)c3OS(=O)(=O)c3ccccc3)CC21.COc1cc2c(cc1OCC(=O)O)C1Cc3ccc(OC)c(OS(=O)(=O)c4ccccc4)c3CN1CC2. The standard InChI is InChI=1S/C29H31NO8S.C27H27NO8S/c1-4-36-28(31)18-37-27-16-22-20(15-26(27)35-3)12-13-30-17-23-19(14-24(22)30)10-11-25(34-2)29(23)38-39(32,33)21-8-6-5-7-9-21;1-33-23-9-8-17-12-22-20-14-25(35-16-26(29)30)24(34-2)13-18(20)10-11-28(22)15-21(17)27(23)36-37(31,32)19-6-4-3-5-7-19/h5-11,15-16,24H,4,12-14,17-18H2,1-3H3;3-9,13-14,22H,10-12,15-16H2,1-2H3,(H,29,30). The van der Waals surface area contributed by atoms with E-state index < -0.39 is 38.8 Å². The number of carbonyl (C=O) groups excluding carboxylic acids is 1. The number of nitrogens with zero attached hydrogens (tertiary/aromatic N) is 2. The maximum atomic E-state index is 13.1. The molecule has 18 nitrogen and oxygen atoms in total. The molecule has 0 saturated carbocycles. The molecule has 10 rings (SSSR count). The first-order chi connectivity index (χ1) is 36.6. The van der Waals surface area contributed by atoms with Crippen molar-refractivity contribution in [2.45, 2.75) is 67.6 Å². The summed E-state index contributed by atoms with van der Waals surface area (Å²) >= 11 is 0. The number of carboxylic acid groups (broad SMARTS) is 1. The number of carboxylic acids is 1. The molecule has 4 aliphatic rings. The van der Waals surface area contributed by atoms with E-state index in [0.717, 1.165) is 70.4 Å². The van der Waals surface area contributed by atoms with Crippen LogP contribution in [0.4, 0.5) is 0 Å². The number of esters is 1. The lowest BCUT2D eigenvalue weighted by Gasteiger charge is -2.42. The Hall–Kier alpha value is -7.52. The molecule has 2 atom stereocenters. The molecule has 0 aliphatic carbocycles. The fraction of sp³-hybridized carbons (Fsp3) is 0.321. The molecular formula is C56H58N2O16S2. The predicted molar refractivity (Wildman–Crippen MR) is 277 cm³/mol. The van der Waals surface area contributed by atoms with Crippen molar-refractivity contribution < 1.29 is 73.1 Å². The van der Waals surface area contributed by atoms with Crippen molar-refractivity contribution in [3.8, 4) is 46.0 Å². The van der Waals surface area contributed by atoms with Crippen LogP contribution in [0, 0.1) is 0 Å². The Kier molecular flexibility index (Phi) is 16.0. The summed E-state index contributed by atoms with van der Waals surface area (Å²) in [6, 6.07) is 31.2. The Bertz CT molecular complexity index is 3360. The molecule has 6 aromatic rings. The molecule has 0 fully saturated rings. The fourth-order valence-corrected chi connectivity index (χ4v) is 12.2. The van der Waals surface area contributed by atoms with Crippen LogP contribution in [0.5, 0.6) is 46.0 Å². The molecule has 2 unspecified atom stereocenters. The van der Waals surface area contributed by atoms with Gasteiger partial charge in [0.2, 0.25) is 0 Å². The summed E-state index contributed by atoms with van der Waals surface area (Å²) in [6.07, 6.45) is 2.77. The Labute approximate surface area is 441 Å². The van der Waals surface area contributed by atoms with E-state index in [1.54, 1.807) is 62.6 Å². The van der Waals surface area contributed by atoms with Gasteiger partial charge in [-0.2, -0.15) is 16.8 Å². The minimum absolute atomic E-state index is 0.00121. The van der Waals surface area contributed by atoms with E-state index in [9.17, 15) is 26.4 Å². The zero-order valence-electron chi connectivity index (χ0n) is 42.6. The summed E-state index contributed by atoms with van der Waals surface area (Å²) in [7, 11) is -2.03. The van der Waals surface area contributed by atoms with E-state index in [0.29, 0.717) is 60.4 Å². The van der Waals surface area contributed by atoms with E-state index >= 15 is 0 Å². The first-order valence-electron chi connectivity index (χ1n) is 24.5. The van der Waals surface area contributed by atoms with Gasteiger partial charge in [0.05, 0.1) is 35.0 Å². The monoisotopic (exact) mass is 1080 g/mol. The van der Waals surface area contributed by atoms with Crippen LogP contribution in [0.2, 0.25) is 0 Å². The second kappa shape index (κ2) is 22.8. The van der Waals surface area contributed by atoms with Gasteiger partial charge in [-0.1, -0.05) is 48.5 Å². The zero-order valence-corrected chi connectivity index (χ0v) is 44.2. The van der Waals surface area contributed by atoms with Gasteiger partial charge in [-0.15, -0.1) is 0 Å². The smallest absolute Gasteiger partial charge is 0.344 e. The number of methoxy groups -OCH3 is 4. The zero-order chi connectivity index (χ0) is 53.7. The highest BCUT2D eigenvalue weighted by Crippen LogP contribution is 2.49. The molecule has 0 radical (unpaired) electrons. The summed E-state index contributed by atoms with van der Waals surface area (Å²) < 4.78 is 102. The molecule has 0 bridgehead atoms. The van der Waals surface area contributed by atoms with E-state index in [4.69, 9.17) is 46.6 Å². The van der Waals surface area contributed by atoms with Crippen LogP contribution in [-0.2, 0) is 73.3 Å². The van der Waals surface area contributed by atoms with Crippen molar-refractivity contribution in [2.24, 2.45) is 0 Å². The molecule has 20 heteroatoms. The molecule has 0 spiro atoms. The molecule has 0 amide bonds. The quantitative estimate of drug-likeness (QED) is 0.0686. The van der Waals surface area contributed by atoms with Crippen molar-refractivity contribution in [3.63, 3.8) is 0 Å². The number of fused-ring (bicyclic) bond motifs is 8. The third-order valence-electron chi connectivity index (χ3n) is 13.9. The Morgan fingerprint density at radius 1 is 0.539 bits per heavy atom. The van der Waals surface area contributed by atoms with Gasteiger partial charge in [0.25, 0.3) is 0 Å². The topological polar surface area (TPSA) is 212 Å². The highest BCUT2D eigenvalue weighted by Gasteiger charge is 2.38. The van der Waals surface area contributed by atoms with Crippen LogP contribution in [-0.4, -0.2) is 105 Å². The molecule has 400 valence electrons. The normalized spacial score (nSPS) is 16.5. The van der Waals surface area contributed by atoms with Gasteiger partial charge in [0.15, 0.2) is 59.2 Å². The van der Waals surface area contributed by atoms with Gasteiger partial charge < -0.3 is 46.6 Å². The highest BCUT2D eigenvalue weighted by atomic mass is 32.2.